The minimum atomic E-state index is -0.506. The number of amides is 2. The van der Waals surface area contributed by atoms with Gasteiger partial charge in [0.15, 0.2) is 5.16 Å². The smallest absolute Gasteiger partial charge is 0.270 e. The highest BCUT2D eigenvalue weighted by atomic mass is 32.2. The number of nitro benzene ring substituents is 1. The average molecular weight is 613 g/mol. The van der Waals surface area contributed by atoms with E-state index in [-0.39, 0.29) is 29.1 Å². The standard InChI is InChI=1S/C33H36N6O4S/c1-24-11-6-7-16-29(24)38-30(21-26-12-4-3-5-13-26)34-35-33(38)44-20-9-8-17-31(40)36-18-19-37(25(2)23-36)32(41)27-14-10-15-28(22-27)39(42)43/h3-7,10-16,22,25H,8-9,17-21,23H2,1-2H3. The van der Waals surface area contributed by atoms with E-state index in [1.807, 2.05) is 42.2 Å². The number of hydrogen-bond donors (Lipinski definition) is 0. The fraction of sp³-hybridized carbons (Fsp3) is 0.333. The second-order valence-corrected chi connectivity index (χ2v) is 12.0. The lowest BCUT2D eigenvalue weighted by Crippen LogP contribution is -2.55. The zero-order valence-electron chi connectivity index (χ0n) is 25.0. The van der Waals surface area contributed by atoms with E-state index >= 15 is 0 Å². The van der Waals surface area contributed by atoms with E-state index < -0.39 is 4.92 Å². The molecule has 1 atom stereocenters. The van der Waals surface area contributed by atoms with Crippen molar-refractivity contribution >= 4 is 29.3 Å². The van der Waals surface area contributed by atoms with Crippen molar-refractivity contribution in [1.29, 1.82) is 0 Å². The van der Waals surface area contributed by atoms with Gasteiger partial charge in [-0.15, -0.1) is 10.2 Å². The van der Waals surface area contributed by atoms with E-state index in [2.05, 4.69) is 46.0 Å². The summed E-state index contributed by atoms with van der Waals surface area (Å²) in [6.45, 7) is 5.28. The van der Waals surface area contributed by atoms with Crippen LogP contribution in [0.15, 0.2) is 84.0 Å². The first-order valence-electron chi connectivity index (χ1n) is 14.8. The number of aromatic nitrogens is 3. The maximum Gasteiger partial charge on any atom is 0.270 e. The fourth-order valence-electron chi connectivity index (χ4n) is 5.45. The number of carbonyl (C=O) groups is 2. The Morgan fingerprint density at radius 3 is 2.50 bits per heavy atom. The molecule has 0 N–H and O–H groups in total. The number of nitro groups is 1. The zero-order valence-corrected chi connectivity index (χ0v) is 25.8. The van der Waals surface area contributed by atoms with Crippen LogP contribution in [0.4, 0.5) is 5.69 Å². The molecule has 228 valence electrons. The number of benzene rings is 3. The molecule has 1 unspecified atom stereocenters. The molecule has 1 aliphatic heterocycles. The number of piperazine rings is 1. The third kappa shape index (κ3) is 7.34. The monoisotopic (exact) mass is 612 g/mol. The number of nitrogens with zero attached hydrogens (tertiary/aromatic N) is 6. The molecule has 3 aromatic carbocycles. The molecule has 0 saturated carbocycles. The van der Waals surface area contributed by atoms with Gasteiger partial charge in [-0.1, -0.05) is 66.4 Å². The van der Waals surface area contributed by atoms with Crippen LogP contribution in [-0.2, 0) is 11.2 Å². The Kier molecular flexibility index (Phi) is 10.1. The molecule has 0 radical (unpaired) electrons. The summed E-state index contributed by atoms with van der Waals surface area (Å²) < 4.78 is 2.15. The molecule has 11 heteroatoms. The minimum Gasteiger partial charge on any atom is -0.339 e. The largest absolute Gasteiger partial charge is 0.339 e. The molecular weight excluding hydrogens is 576 g/mol. The van der Waals surface area contributed by atoms with Gasteiger partial charge in [0, 0.05) is 62.0 Å². The fourth-order valence-corrected chi connectivity index (χ4v) is 6.41. The number of carbonyl (C=O) groups excluding carboxylic acids is 2. The Morgan fingerprint density at radius 1 is 0.977 bits per heavy atom. The van der Waals surface area contributed by atoms with Gasteiger partial charge in [0.2, 0.25) is 5.91 Å². The van der Waals surface area contributed by atoms with Crippen LogP contribution in [0.5, 0.6) is 0 Å². The molecular formula is C33H36N6O4S. The highest BCUT2D eigenvalue weighted by Gasteiger charge is 2.30. The van der Waals surface area contributed by atoms with Gasteiger partial charge in [0.25, 0.3) is 11.6 Å². The molecule has 2 heterocycles. The van der Waals surface area contributed by atoms with E-state index in [0.717, 1.165) is 40.8 Å². The third-order valence-electron chi connectivity index (χ3n) is 7.82. The quantitative estimate of drug-likeness (QED) is 0.0922. The Morgan fingerprint density at radius 2 is 1.75 bits per heavy atom. The molecule has 10 nitrogen and oxygen atoms in total. The molecule has 1 saturated heterocycles. The van der Waals surface area contributed by atoms with E-state index in [9.17, 15) is 19.7 Å². The van der Waals surface area contributed by atoms with Crippen LogP contribution < -0.4 is 0 Å². The van der Waals surface area contributed by atoms with Crippen molar-refractivity contribution in [2.45, 2.75) is 50.7 Å². The van der Waals surface area contributed by atoms with Gasteiger partial charge in [-0.3, -0.25) is 24.3 Å². The van der Waals surface area contributed by atoms with Gasteiger partial charge in [-0.05, 0) is 49.9 Å². The molecule has 0 bridgehead atoms. The van der Waals surface area contributed by atoms with Gasteiger partial charge >= 0.3 is 0 Å². The van der Waals surface area contributed by atoms with Crippen molar-refractivity contribution in [2.24, 2.45) is 0 Å². The third-order valence-corrected chi connectivity index (χ3v) is 8.84. The first kappa shape index (κ1) is 30.9. The topological polar surface area (TPSA) is 114 Å². The van der Waals surface area contributed by atoms with Crippen molar-refractivity contribution in [1.82, 2.24) is 24.6 Å². The van der Waals surface area contributed by atoms with Crippen molar-refractivity contribution in [3.63, 3.8) is 0 Å². The van der Waals surface area contributed by atoms with E-state index in [1.54, 1.807) is 22.7 Å². The zero-order chi connectivity index (χ0) is 31.1. The molecule has 5 rings (SSSR count). The summed E-state index contributed by atoms with van der Waals surface area (Å²) in [4.78, 5) is 40.2. The molecule has 1 aliphatic rings. The number of rotatable bonds is 11. The lowest BCUT2D eigenvalue weighted by atomic mass is 10.1. The Bertz CT molecular complexity index is 1630. The predicted octanol–water partition coefficient (Wildman–Crippen LogP) is 5.71. The van der Waals surface area contributed by atoms with Crippen LogP contribution in [-0.4, -0.2) is 72.7 Å². The molecule has 1 fully saturated rings. The van der Waals surface area contributed by atoms with Crippen molar-refractivity contribution in [3.05, 3.63) is 111 Å². The molecule has 4 aromatic rings. The molecule has 0 aliphatic carbocycles. The summed E-state index contributed by atoms with van der Waals surface area (Å²) in [5.41, 5.74) is 3.56. The van der Waals surface area contributed by atoms with Crippen LogP contribution in [0.25, 0.3) is 5.69 Å². The van der Waals surface area contributed by atoms with Crippen molar-refractivity contribution < 1.29 is 14.5 Å². The van der Waals surface area contributed by atoms with E-state index in [1.165, 1.54) is 23.8 Å². The van der Waals surface area contributed by atoms with Gasteiger partial charge in [0.05, 0.1) is 10.6 Å². The maximum atomic E-state index is 13.0. The van der Waals surface area contributed by atoms with Crippen molar-refractivity contribution in [3.8, 4) is 5.69 Å². The summed E-state index contributed by atoms with van der Waals surface area (Å²) in [5, 5.41) is 21.0. The average Bonchev–Trinajstić information content (AvgIpc) is 3.42. The minimum absolute atomic E-state index is 0.0810. The summed E-state index contributed by atoms with van der Waals surface area (Å²) in [6.07, 6.45) is 2.73. The summed E-state index contributed by atoms with van der Waals surface area (Å²) >= 11 is 1.65. The first-order valence-corrected chi connectivity index (χ1v) is 15.8. The molecule has 2 amide bonds. The number of unbranched alkanes of at least 4 members (excludes halogenated alkanes) is 1. The van der Waals surface area contributed by atoms with Crippen LogP contribution in [0.2, 0.25) is 0 Å². The summed E-state index contributed by atoms with van der Waals surface area (Å²) in [6, 6.07) is 24.1. The second kappa shape index (κ2) is 14.3. The van der Waals surface area contributed by atoms with Crippen LogP contribution in [0.3, 0.4) is 0 Å². The molecule has 44 heavy (non-hydrogen) atoms. The lowest BCUT2D eigenvalue weighted by molar-refractivity contribution is -0.384. The van der Waals surface area contributed by atoms with Crippen LogP contribution >= 0.6 is 11.8 Å². The van der Waals surface area contributed by atoms with Crippen LogP contribution in [0.1, 0.15) is 53.5 Å². The van der Waals surface area contributed by atoms with Crippen LogP contribution in [0, 0.1) is 17.0 Å². The van der Waals surface area contributed by atoms with E-state index in [4.69, 9.17) is 0 Å². The number of hydrogen-bond acceptors (Lipinski definition) is 7. The Hall–Kier alpha value is -4.51. The molecule has 1 aromatic heterocycles. The van der Waals surface area contributed by atoms with E-state index in [0.29, 0.717) is 32.5 Å². The summed E-state index contributed by atoms with van der Waals surface area (Å²) in [7, 11) is 0. The number of para-hydroxylation sites is 1. The first-order chi connectivity index (χ1) is 21.3. The van der Waals surface area contributed by atoms with Gasteiger partial charge in [-0.2, -0.15) is 0 Å². The lowest BCUT2D eigenvalue weighted by Gasteiger charge is -2.40. The normalized spacial score (nSPS) is 14.9. The van der Waals surface area contributed by atoms with Gasteiger partial charge in [-0.25, -0.2) is 0 Å². The second-order valence-electron chi connectivity index (χ2n) is 11.0. The highest BCUT2D eigenvalue weighted by Crippen LogP contribution is 2.27. The Labute approximate surface area is 261 Å². The predicted molar refractivity (Wildman–Crippen MR) is 170 cm³/mol. The van der Waals surface area contributed by atoms with Gasteiger partial charge < -0.3 is 9.80 Å². The molecule has 0 spiro atoms. The Balaban J connectivity index is 1.12. The van der Waals surface area contributed by atoms with Gasteiger partial charge in [0.1, 0.15) is 5.82 Å². The highest BCUT2D eigenvalue weighted by molar-refractivity contribution is 7.99. The number of thioether (sulfide) groups is 1. The maximum absolute atomic E-state index is 13.0. The number of non-ortho nitro benzene ring substituents is 1. The van der Waals surface area contributed by atoms with Crippen molar-refractivity contribution in [2.75, 3.05) is 25.4 Å². The number of aryl methyl sites for hydroxylation is 1. The summed E-state index contributed by atoms with van der Waals surface area (Å²) in [5.74, 6) is 1.53. The SMILES string of the molecule is Cc1ccccc1-n1c(Cc2ccccc2)nnc1SCCCCC(=O)N1CCN(C(=O)c2cccc([N+](=O)[O-])c2)C(C)C1.